The van der Waals surface area contributed by atoms with Crippen LogP contribution in [-0.2, 0) is 0 Å². The van der Waals surface area contributed by atoms with Gasteiger partial charge < -0.3 is 11.1 Å². The van der Waals surface area contributed by atoms with Gasteiger partial charge in [-0.25, -0.2) is 0 Å². The molecule has 0 saturated carbocycles. The molecule has 0 saturated heterocycles. The van der Waals surface area contributed by atoms with Gasteiger partial charge in [0.25, 0.3) is 0 Å². The number of nitrogens with two attached hydrogens (primary N) is 1. The maximum absolute atomic E-state index is 5.36. The van der Waals surface area contributed by atoms with E-state index < -0.39 is 0 Å². The Morgan fingerprint density at radius 2 is 2.25 bits per heavy atom. The Hall–Kier alpha value is -0.360. The van der Waals surface area contributed by atoms with Crippen molar-refractivity contribution in [2.75, 3.05) is 5.32 Å². The fourth-order valence-corrected chi connectivity index (χ4v) is 1.46. The third-order valence-electron chi connectivity index (χ3n) is 1.46. The Labute approximate surface area is 90.7 Å². The van der Waals surface area contributed by atoms with Crippen LogP contribution in [0.3, 0.4) is 0 Å². The Balaban J connectivity index is 2.97. The van der Waals surface area contributed by atoms with Crippen molar-refractivity contribution >= 4 is 45.6 Å². The lowest BCUT2D eigenvalue weighted by Crippen LogP contribution is -2.19. The highest BCUT2D eigenvalue weighted by Gasteiger charge is 1.98. The summed E-state index contributed by atoms with van der Waals surface area (Å²) in [6.45, 7) is 2.01. The Morgan fingerprint density at radius 1 is 1.58 bits per heavy atom. The molecule has 0 fully saturated rings. The standard InChI is InChI=1S/C8H9IN2S/c1-5-2-3-6(9)4-7(5)11-8(10)12/h2-4H,1H3,(H3,10,11,12). The highest BCUT2D eigenvalue weighted by Crippen LogP contribution is 2.17. The maximum Gasteiger partial charge on any atom is 0.168 e. The summed E-state index contributed by atoms with van der Waals surface area (Å²) >= 11 is 6.99. The molecule has 0 radical (unpaired) electrons. The van der Waals surface area contributed by atoms with Gasteiger partial charge >= 0.3 is 0 Å². The van der Waals surface area contributed by atoms with Gasteiger partial charge in [0.05, 0.1) is 0 Å². The summed E-state index contributed by atoms with van der Waals surface area (Å²) < 4.78 is 1.16. The van der Waals surface area contributed by atoms with E-state index >= 15 is 0 Å². The Kier molecular flexibility index (Phi) is 3.28. The van der Waals surface area contributed by atoms with Crippen LogP contribution in [0, 0.1) is 10.5 Å². The van der Waals surface area contributed by atoms with Crippen LogP contribution in [-0.4, -0.2) is 5.11 Å². The maximum atomic E-state index is 5.36. The molecule has 0 amide bonds. The summed E-state index contributed by atoms with van der Waals surface area (Å²) in [5, 5.41) is 3.22. The molecule has 0 aliphatic heterocycles. The average Bonchev–Trinajstić information content (AvgIpc) is 1.96. The summed E-state index contributed by atoms with van der Waals surface area (Å²) in [7, 11) is 0. The van der Waals surface area contributed by atoms with E-state index in [9.17, 15) is 0 Å². The molecule has 4 heteroatoms. The van der Waals surface area contributed by atoms with Crippen LogP contribution in [0.2, 0.25) is 0 Å². The van der Waals surface area contributed by atoms with Gasteiger partial charge in [0.15, 0.2) is 5.11 Å². The molecule has 12 heavy (non-hydrogen) atoms. The predicted molar refractivity (Wildman–Crippen MR) is 64.3 cm³/mol. The SMILES string of the molecule is Cc1ccc(I)cc1NC(N)=S. The van der Waals surface area contributed by atoms with Crippen molar-refractivity contribution in [2.45, 2.75) is 6.92 Å². The van der Waals surface area contributed by atoms with E-state index in [0.717, 1.165) is 14.8 Å². The Morgan fingerprint density at radius 3 is 2.83 bits per heavy atom. The van der Waals surface area contributed by atoms with Gasteiger partial charge in [-0.15, -0.1) is 0 Å². The lowest BCUT2D eigenvalue weighted by Gasteiger charge is -2.07. The van der Waals surface area contributed by atoms with Gasteiger partial charge in [0.1, 0.15) is 0 Å². The molecule has 0 bridgehead atoms. The molecule has 0 aromatic heterocycles. The van der Waals surface area contributed by atoms with Crippen LogP contribution in [0.5, 0.6) is 0 Å². The highest BCUT2D eigenvalue weighted by atomic mass is 127. The number of halogens is 1. The van der Waals surface area contributed by atoms with E-state index in [4.69, 9.17) is 18.0 Å². The predicted octanol–water partition coefficient (Wildman–Crippen LogP) is 2.26. The number of rotatable bonds is 1. The lowest BCUT2D eigenvalue weighted by molar-refractivity contribution is 1.44. The first-order chi connectivity index (χ1) is 5.59. The minimum atomic E-state index is 0.306. The smallest absolute Gasteiger partial charge is 0.168 e. The van der Waals surface area contributed by atoms with Gasteiger partial charge in [-0.05, 0) is 59.4 Å². The van der Waals surface area contributed by atoms with Crippen LogP contribution in [0.15, 0.2) is 18.2 Å². The quantitative estimate of drug-likeness (QED) is 0.616. The molecule has 1 rings (SSSR count). The topological polar surface area (TPSA) is 38.0 Å². The van der Waals surface area contributed by atoms with E-state index in [1.807, 2.05) is 25.1 Å². The second-order valence-electron chi connectivity index (χ2n) is 2.45. The minimum absolute atomic E-state index is 0.306. The molecule has 0 aliphatic carbocycles. The first kappa shape index (κ1) is 9.73. The molecular formula is C8H9IN2S. The van der Waals surface area contributed by atoms with Gasteiger partial charge in [-0.2, -0.15) is 0 Å². The van der Waals surface area contributed by atoms with Gasteiger partial charge in [-0.1, -0.05) is 6.07 Å². The van der Waals surface area contributed by atoms with Gasteiger partial charge in [-0.3, -0.25) is 0 Å². The zero-order valence-corrected chi connectivity index (χ0v) is 9.57. The van der Waals surface area contributed by atoms with Crippen LogP contribution < -0.4 is 11.1 Å². The van der Waals surface area contributed by atoms with Crippen molar-refractivity contribution in [1.29, 1.82) is 0 Å². The van der Waals surface area contributed by atoms with E-state index in [-0.39, 0.29) is 0 Å². The van der Waals surface area contributed by atoms with E-state index in [0.29, 0.717) is 5.11 Å². The Bertz CT molecular complexity index is 312. The molecule has 0 heterocycles. The number of hydrogen-bond acceptors (Lipinski definition) is 1. The van der Waals surface area contributed by atoms with Crippen LogP contribution in [0.4, 0.5) is 5.69 Å². The number of aryl methyl sites for hydroxylation is 1. The monoisotopic (exact) mass is 292 g/mol. The van der Waals surface area contributed by atoms with Crippen molar-refractivity contribution in [3.05, 3.63) is 27.3 Å². The number of nitrogens with one attached hydrogen (secondary N) is 1. The number of anilines is 1. The average molecular weight is 292 g/mol. The number of thiocarbonyl (C=S) groups is 1. The molecule has 0 aliphatic rings. The lowest BCUT2D eigenvalue weighted by atomic mass is 10.2. The van der Waals surface area contributed by atoms with Crippen molar-refractivity contribution < 1.29 is 0 Å². The molecule has 0 unspecified atom stereocenters. The summed E-state index contributed by atoms with van der Waals surface area (Å²) in [4.78, 5) is 0. The van der Waals surface area contributed by atoms with Crippen molar-refractivity contribution in [3.8, 4) is 0 Å². The number of hydrogen-bond donors (Lipinski definition) is 2. The summed E-state index contributed by atoms with van der Waals surface area (Å²) in [5.41, 5.74) is 7.48. The summed E-state index contributed by atoms with van der Waals surface area (Å²) in [5.74, 6) is 0. The highest BCUT2D eigenvalue weighted by molar-refractivity contribution is 14.1. The van der Waals surface area contributed by atoms with E-state index in [2.05, 4.69) is 27.9 Å². The zero-order chi connectivity index (χ0) is 9.14. The fourth-order valence-electron chi connectivity index (χ4n) is 0.862. The van der Waals surface area contributed by atoms with Gasteiger partial charge in [0.2, 0.25) is 0 Å². The first-order valence-electron chi connectivity index (χ1n) is 3.42. The first-order valence-corrected chi connectivity index (χ1v) is 4.91. The molecule has 3 N–H and O–H groups in total. The van der Waals surface area contributed by atoms with Gasteiger partial charge in [0, 0.05) is 9.26 Å². The number of benzene rings is 1. The second kappa shape index (κ2) is 4.04. The third kappa shape index (κ3) is 2.60. The molecule has 1 aromatic carbocycles. The summed E-state index contributed by atoms with van der Waals surface area (Å²) in [6, 6.07) is 6.08. The van der Waals surface area contributed by atoms with Crippen LogP contribution >= 0.6 is 34.8 Å². The van der Waals surface area contributed by atoms with Crippen molar-refractivity contribution in [1.82, 2.24) is 0 Å². The minimum Gasteiger partial charge on any atom is -0.376 e. The largest absolute Gasteiger partial charge is 0.376 e. The van der Waals surface area contributed by atoms with Crippen molar-refractivity contribution in [2.24, 2.45) is 5.73 Å². The van der Waals surface area contributed by atoms with E-state index in [1.54, 1.807) is 0 Å². The van der Waals surface area contributed by atoms with Crippen LogP contribution in [0.1, 0.15) is 5.56 Å². The normalized spacial score (nSPS) is 9.50. The molecule has 64 valence electrons. The molecule has 0 atom stereocenters. The molecule has 2 nitrogen and oxygen atoms in total. The molecule has 0 spiro atoms. The third-order valence-corrected chi connectivity index (χ3v) is 2.23. The molecule has 1 aromatic rings. The fraction of sp³-hybridized carbons (Fsp3) is 0.125. The molecular weight excluding hydrogens is 283 g/mol. The van der Waals surface area contributed by atoms with Crippen LogP contribution in [0.25, 0.3) is 0 Å². The second-order valence-corrected chi connectivity index (χ2v) is 4.13. The van der Waals surface area contributed by atoms with Crippen molar-refractivity contribution in [3.63, 3.8) is 0 Å². The van der Waals surface area contributed by atoms with E-state index in [1.165, 1.54) is 0 Å². The zero-order valence-electron chi connectivity index (χ0n) is 6.60. The summed E-state index contributed by atoms with van der Waals surface area (Å²) in [6.07, 6.45) is 0.